The van der Waals surface area contributed by atoms with Crippen LogP contribution in [0.5, 0.6) is 0 Å². The van der Waals surface area contributed by atoms with Gasteiger partial charge in [-0.05, 0) is 12.1 Å². The molecule has 0 bridgehead atoms. The van der Waals surface area contributed by atoms with Crippen LogP contribution in [0.2, 0.25) is 0 Å². The van der Waals surface area contributed by atoms with Crippen LogP contribution in [0.15, 0.2) is 29.6 Å². The molecule has 4 nitrogen and oxygen atoms in total. The third kappa shape index (κ3) is 1.93. The van der Waals surface area contributed by atoms with Crippen molar-refractivity contribution in [2.75, 3.05) is 7.05 Å². The number of rotatable bonds is 2. The molecule has 0 aliphatic heterocycles. The van der Waals surface area contributed by atoms with E-state index in [-0.39, 0.29) is 0 Å². The molecular weight excluding hydrogens is 140 g/mol. The summed E-state index contributed by atoms with van der Waals surface area (Å²) in [7, 11) is 1.70. The average Bonchev–Trinajstić information content (AvgIpc) is 2.07. The number of nitrogens with two attached hydrogens (primary N) is 1. The molecule has 0 fully saturated rings. The Labute approximate surface area is 65.1 Å². The van der Waals surface area contributed by atoms with Crippen LogP contribution in [-0.2, 0) is 0 Å². The van der Waals surface area contributed by atoms with E-state index in [1.165, 1.54) is 0 Å². The van der Waals surface area contributed by atoms with Crippen molar-refractivity contribution in [3.05, 3.63) is 30.1 Å². The fourth-order valence-corrected chi connectivity index (χ4v) is 0.708. The van der Waals surface area contributed by atoms with Gasteiger partial charge in [0.1, 0.15) is 0 Å². The zero-order chi connectivity index (χ0) is 8.10. The Hall–Kier alpha value is -1.58. The topological polar surface area (TPSA) is 63.3 Å². The Bertz CT molecular complexity index is 242. The van der Waals surface area contributed by atoms with Gasteiger partial charge in [0.05, 0.1) is 0 Å². The van der Waals surface area contributed by atoms with Gasteiger partial charge >= 0.3 is 0 Å². The Morgan fingerprint density at radius 1 is 1.55 bits per heavy atom. The van der Waals surface area contributed by atoms with Gasteiger partial charge in [-0.15, -0.1) is 0 Å². The lowest BCUT2D eigenvalue weighted by molar-refractivity contribution is 0.898. The second-order valence-electron chi connectivity index (χ2n) is 1.96. The van der Waals surface area contributed by atoms with E-state index in [1.54, 1.807) is 31.6 Å². The fourth-order valence-electron chi connectivity index (χ4n) is 0.708. The molecule has 1 heterocycles. The van der Waals surface area contributed by atoms with Gasteiger partial charge in [-0.25, -0.2) is 0 Å². The summed E-state index contributed by atoms with van der Waals surface area (Å²) in [5.41, 5.74) is 9.04. The summed E-state index contributed by atoms with van der Waals surface area (Å²) in [5, 5.41) is 3.81. The standard InChI is InChI=1S/C7H10N4/c1-9-11-7(8)6-2-4-10-5-3-6/h2-5,9H,1H3,(H2,8,11). The van der Waals surface area contributed by atoms with Gasteiger partial charge in [0.15, 0.2) is 5.84 Å². The van der Waals surface area contributed by atoms with Crippen molar-refractivity contribution in [2.45, 2.75) is 0 Å². The minimum atomic E-state index is 0.468. The SMILES string of the molecule is CN/N=C(/N)c1ccncc1. The van der Waals surface area contributed by atoms with Gasteiger partial charge in [-0.2, -0.15) is 5.10 Å². The van der Waals surface area contributed by atoms with Crippen LogP contribution in [-0.4, -0.2) is 17.9 Å². The molecule has 0 aromatic carbocycles. The molecule has 0 unspecified atom stereocenters. The summed E-state index contributed by atoms with van der Waals surface area (Å²) < 4.78 is 0. The molecule has 0 saturated carbocycles. The van der Waals surface area contributed by atoms with Gasteiger partial charge in [0.2, 0.25) is 0 Å². The quantitative estimate of drug-likeness (QED) is 0.352. The van der Waals surface area contributed by atoms with E-state index in [0.29, 0.717) is 5.84 Å². The first-order chi connectivity index (χ1) is 5.34. The number of hydrogen-bond donors (Lipinski definition) is 2. The lowest BCUT2D eigenvalue weighted by atomic mass is 10.2. The van der Waals surface area contributed by atoms with Crippen molar-refractivity contribution in [1.82, 2.24) is 10.4 Å². The largest absolute Gasteiger partial charge is 0.382 e. The van der Waals surface area contributed by atoms with Crippen molar-refractivity contribution in [2.24, 2.45) is 10.8 Å². The van der Waals surface area contributed by atoms with Crippen molar-refractivity contribution < 1.29 is 0 Å². The van der Waals surface area contributed by atoms with Crippen LogP contribution in [0.3, 0.4) is 0 Å². The Morgan fingerprint density at radius 2 is 2.18 bits per heavy atom. The number of nitrogens with one attached hydrogen (secondary N) is 1. The number of pyridine rings is 1. The minimum absolute atomic E-state index is 0.468. The Kier molecular flexibility index (Phi) is 2.43. The van der Waals surface area contributed by atoms with Gasteiger partial charge in [0, 0.05) is 25.0 Å². The fraction of sp³-hybridized carbons (Fsp3) is 0.143. The number of nitrogens with zero attached hydrogens (tertiary/aromatic N) is 2. The summed E-state index contributed by atoms with van der Waals surface area (Å²) in [6, 6.07) is 3.60. The summed E-state index contributed by atoms with van der Waals surface area (Å²) in [6.07, 6.45) is 3.35. The van der Waals surface area contributed by atoms with E-state index in [0.717, 1.165) is 5.56 Å². The van der Waals surface area contributed by atoms with Crippen LogP contribution in [0.4, 0.5) is 0 Å². The van der Waals surface area contributed by atoms with Crippen LogP contribution in [0.25, 0.3) is 0 Å². The third-order valence-corrected chi connectivity index (χ3v) is 1.21. The Balaban J connectivity index is 2.85. The summed E-state index contributed by atoms with van der Waals surface area (Å²) in [5.74, 6) is 0.468. The van der Waals surface area contributed by atoms with E-state index >= 15 is 0 Å². The highest BCUT2D eigenvalue weighted by atomic mass is 15.3. The first kappa shape index (κ1) is 7.53. The summed E-state index contributed by atoms with van der Waals surface area (Å²) >= 11 is 0. The van der Waals surface area contributed by atoms with Gasteiger partial charge in [-0.1, -0.05) is 0 Å². The zero-order valence-corrected chi connectivity index (χ0v) is 6.28. The molecule has 0 atom stereocenters. The van der Waals surface area contributed by atoms with Gasteiger partial charge < -0.3 is 11.2 Å². The van der Waals surface area contributed by atoms with E-state index in [1.807, 2.05) is 0 Å². The molecule has 1 rings (SSSR count). The molecule has 0 amide bonds. The second-order valence-corrected chi connectivity index (χ2v) is 1.96. The van der Waals surface area contributed by atoms with E-state index in [4.69, 9.17) is 5.73 Å². The number of aromatic nitrogens is 1. The smallest absolute Gasteiger partial charge is 0.150 e. The van der Waals surface area contributed by atoms with Crippen molar-refractivity contribution in [1.29, 1.82) is 0 Å². The predicted molar refractivity (Wildman–Crippen MR) is 44.0 cm³/mol. The molecule has 4 heteroatoms. The first-order valence-corrected chi connectivity index (χ1v) is 3.25. The molecule has 58 valence electrons. The highest BCUT2D eigenvalue weighted by Gasteiger charge is 1.93. The molecule has 0 aliphatic carbocycles. The van der Waals surface area contributed by atoms with Gasteiger partial charge in [0.25, 0.3) is 0 Å². The van der Waals surface area contributed by atoms with Crippen LogP contribution >= 0.6 is 0 Å². The number of hydrogen-bond acceptors (Lipinski definition) is 3. The zero-order valence-electron chi connectivity index (χ0n) is 6.28. The lowest BCUT2D eigenvalue weighted by Gasteiger charge is -1.97. The summed E-state index contributed by atoms with van der Waals surface area (Å²) in [4.78, 5) is 3.86. The monoisotopic (exact) mass is 150 g/mol. The maximum atomic E-state index is 5.57. The minimum Gasteiger partial charge on any atom is -0.382 e. The molecule has 0 spiro atoms. The van der Waals surface area contributed by atoms with E-state index < -0.39 is 0 Å². The Morgan fingerprint density at radius 3 is 2.73 bits per heavy atom. The van der Waals surface area contributed by atoms with Crippen molar-refractivity contribution in [3.63, 3.8) is 0 Å². The average molecular weight is 150 g/mol. The number of amidine groups is 1. The van der Waals surface area contributed by atoms with Crippen LogP contribution < -0.4 is 11.2 Å². The highest BCUT2D eigenvalue weighted by molar-refractivity contribution is 5.97. The predicted octanol–water partition coefficient (Wildman–Crippen LogP) is -0.0787. The molecule has 0 aliphatic rings. The van der Waals surface area contributed by atoms with Gasteiger partial charge in [-0.3, -0.25) is 4.98 Å². The molecule has 11 heavy (non-hydrogen) atoms. The highest BCUT2D eigenvalue weighted by Crippen LogP contribution is 1.93. The third-order valence-electron chi connectivity index (χ3n) is 1.21. The number of hydrazone groups is 1. The van der Waals surface area contributed by atoms with Crippen molar-refractivity contribution in [3.8, 4) is 0 Å². The second kappa shape index (κ2) is 3.55. The van der Waals surface area contributed by atoms with Crippen LogP contribution in [0.1, 0.15) is 5.56 Å². The molecule has 1 aromatic rings. The molecule has 3 N–H and O–H groups in total. The normalized spacial score (nSPS) is 11.2. The molecule has 1 aromatic heterocycles. The van der Waals surface area contributed by atoms with E-state index in [2.05, 4.69) is 15.5 Å². The molecule has 0 saturated heterocycles. The van der Waals surface area contributed by atoms with Crippen LogP contribution in [0, 0.1) is 0 Å². The molecule has 0 radical (unpaired) electrons. The van der Waals surface area contributed by atoms with E-state index in [9.17, 15) is 0 Å². The summed E-state index contributed by atoms with van der Waals surface area (Å²) in [6.45, 7) is 0. The lowest BCUT2D eigenvalue weighted by Crippen LogP contribution is -2.16. The molecular formula is C7H10N4. The first-order valence-electron chi connectivity index (χ1n) is 3.25. The van der Waals surface area contributed by atoms with Crippen molar-refractivity contribution >= 4 is 5.84 Å². The maximum Gasteiger partial charge on any atom is 0.150 e. The maximum absolute atomic E-state index is 5.57.